The summed E-state index contributed by atoms with van der Waals surface area (Å²) in [6.45, 7) is 0. The summed E-state index contributed by atoms with van der Waals surface area (Å²) in [5, 5.41) is 0. The molecule has 0 N–H and O–H groups in total. The summed E-state index contributed by atoms with van der Waals surface area (Å²) in [7, 11) is 1.30. The lowest BCUT2D eigenvalue weighted by Gasteiger charge is -2.32. The summed E-state index contributed by atoms with van der Waals surface area (Å²) in [6.07, 6.45) is -0.122. The number of hydrogen-bond acceptors (Lipinski definition) is 4. The van der Waals surface area contributed by atoms with Crippen LogP contribution in [0.5, 0.6) is 0 Å². The first kappa shape index (κ1) is 21.5. The molecule has 0 radical (unpaired) electrons. The smallest absolute Gasteiger partial charge is 0.313 e. The maximum absolute atomic E-state index is 12.9. The molecule has 4 heteroatoms. The van der Waals surface area contributed by atoms with Gasteiger partial charge in [0.1, 0.15) is 23.4 Å². The molecule has 0 fully saturated rings. The van der Waals surface area contributed by atoms with Gasteiger partial charge < -0.3 is 9.47 Å². The first-order chi connectivity index (χ1) is 17.1. The zero-order chi connectivity index (χ0) is 24.0. The molecule has 0 aliphatic carbocycles. The van der Waals surface area contributed by atoms with E-state index in [1.54, 1.807) is 0 Å². The largest absolute Gasteiger partial charge is 0.469 e. The van der Waals surface area contributed by atoms with Crippen molar-refractivity contribution in [2.24, 2.45) is 0 Å². The van der Waals surface area contributed by atoms with Crippen molar-refractivity contribution >= 4 is 11.8 Å². The van der Waals surface area contributed by atoms with Crippen LogP contribution in [0.2, 0.25) is 0 Å². The average Bonchev–Trinajstić information content (AvgIpc) is 3.40. The van der Waals surface area contributed by atoms with Crippen molar-refractivity contribution in [3.63, 3.8) is 0 Å². The molecule has 0 aromatic heterocycles. The first-order valence-corrected chi connectivity index (χ1v) is 11.7. The number of ketones is 1. The van der Waals surface area contributed by atoms with Gasteiger partial charge in [0.15, 0.2) is 0 Å². The Hall–Kier alpha value is -4.02. The topological polar surface area (TPSA) is 52.6 Å². The Balaban J connectivity index is 1.65. The predicted octanol–water partition coefficient (Wildman–Crippen LogP) is 5.29. The molecule has 0 amide bonds. The predicted molar refractivity (Wildman–Crippen MR) is 132 cm³/mol. The number of benzene rings is 4. The fourth-order valence-corrected chi connectivity index (χ4v) is 5.86. The highest BCUT2D eigenvalue weighted by Crippen LogP contribution is 2.66. The Morgan fingerprint density at radius 3 is 1.86 bits per heavy atom. The number of rotatable bonds is 6. The van der Waals surface area contributed by atoms with Crippen LogP contribution in [0.4, 0.5) is 0 Å². The third-order valence-electron chi connectivity index (χ3n) is 7.19. The van der Waals surface area contributed by atoms with E-state index in [2.05, 4.69) is 48.5 Å². The van der Waals surface area contributed by atoms with E-state index < -0.39 is 17.2 Å². The monoisotopic (exact) mass is 460 g/mol. The molecule has 6 rings (SSSR count). The summed E-state index contributed by atoms with van der Waals surface area (Å²) in [5.74, 6) is -0.706. The van der Waals surface area contributed by atoms with Crippen molar-refractivity contribution in [3.05, 3.63) is 142 Å². The molecular weight excluding hydrogens is 436 g/mol. The number of carbonyl (C=O) groups excluding carboxylic acids is 2. The molecule has 2 unspecified atom stereocenters. The molecule has 2 bridgehead atoms. The molecule has 2 aliphatic rings. The van der Waals surface area contributed by atoms with Crippen molar-refractivity contribution < 1.29 is 19.1 Å². The second-order valence-corrected chi connectivity index (χ2v) is 9.05. The number of fused-ring (bicyclic) bond motifs is 8. The lowest BCUT2D eigenvalue weighted by molar-refractivity contribution is -0.143. The number of Topliss-reactive ketones (excluding diaryl/α,β-unsaturated/α-hetero) is 1. The number of esters is 1. The van der Waals surface area contributed by atoms with Crippen molar-refractivity contribution in [2.45, 2.75) is 24.0 Å². The Bertz CT molecular complexity index is 1440. The molecule has 2 aliphatic heterocycles. The van der Waals surface area contributed by atoms with E-state index in [0.29, 0.717) is 0 Å². The number of carbonyl (C=O) groups is 2. The van der Waals surface area contributed by atoms with E-state index in [0.717, 1.165) is 38.9 Å². The zero-order valence-corrected chi connectivity index (χ0v) is 19.4. The minimum absolute atomic E-state index is 0.128. The van der Waals surface area contributed by atoms with Crippen LogP contribution in [0.15, 0.2) is 103 Å². The van der Waals surface area contributed by atoms with Crippen LogP contribution < -0.4 is 0 Å². The van der Waals surface area contributed by atoms with Crippen LogP contribution in [0, 0.1) is 0 Å². The maximum Gasteiger partial charge on any atom is 0.313 e. The highest BCUT2D eigenvalue weighted by molar-refractivity contribution is 5.97. The van der Waals surface area contributed by atoms with Gasteiger partial charge in [0.2, 0.25) is 0 Å². The number of methoxy groups -OCH3 is 1. The van der Waals surface area contributed by atoms with Gasteiger partial charge in [-0.25, -0.2) is 0 Å². The van der Waals surface area contributed by atoms with Crippen LogP contribution in [0.1, 0.15) is 45.4 Å². The normalized spacial score (nSPS) is 21.3. The van der Waals surface area contributed by atoms with E-state index in [4.69, 9.17) is 9.47 Å². The second kappa shape index (κ2) is 8.03. The lowest BCUT2D eigenvalue weighted by atomic mass is 9.67. The summed E-state index contributed by atoms with van der Waals surface area (Å²) in [4.78, 5) is 24.7. The van der Waals surface area contributed by atoms with E-state index in [1.165, 1.54) is 7.11 Å². The van der Waals surface area contributed by atoms with Crippen molar-refractivity contribution in [1.82, 2.24) is 0 Å². The van der Waals surface area contributed by atoms with E-state index in [1.807, 2.05) is 54.6 Å². The minimum atomic E-state index is -0.870. The summed E-state index contributed by atoms with van der Waals surface area (Å²) < 4.78 is 12.0. The Morgan fingerprint density at radius 2 is 1.23 bits per heavy atom. The van der Waals surface area contributed by atoms with Crippen molar-refractivity contribution in [1.29, 1.82) is 0 Å². The van der Waals surface area contributed by atoms with E-state index in [9.17, 15) is 9.59 Å². The third kappa shape index (κ3) is 2.96. The zero-order valence-electron chi connectivity index (χ0n) is 19.4. The van der Waals surface area contributed by atoms with Crippen LogP contribution in [-0.4, -0.2) is 18.9 Å². The van der Waals surface area contributed by atoms with Gasteiger partial charge in [-0.15, -0.1) is 0 Å². The Labute approximate surface area is 204 Å². The standard InChI is InChI=1S/C31H24O4/c1-34-28(33)20-24(32)19-21-11-10-18-27-29(21)31(23-14-6-3-7-15-23)26-17-9-8-16-25(26)30(27,35-31)22-12-4-2-5-13-22/h2-18H,19-20H2,1H3. The number of hydrogen-bond donors (Lipinski definition) is 0. The molecule has 2 heterocycles. The van der Waals surface area contributed by atoms with Crippen LogP contribution in [-0.2, 0) is 36.7 Å². The van der Waals surface area contributed by atoms with Crippen LogP contribution in [0.25, 0.3) is 0 Å². The fraction of sp³-hybridized carbons (Fsp3) is 0.161. The fourth-order valence-electron chi connectivity index (χ4n) is 5.86. The van der Waals surface area contributed by atoms with Crippen molar-refractivity contribution in [3.8, 4) is 0 Å². The van der Waals surface area contributed by atoms with Crippen LogP contribution in [0.3, 0.4) is 0 Å². The third-order valence-corrected chi connectivity index (χ3v) is 7.19. The highest BCUT2D eigenvalue weighted by atomic mass is 16.5. The molecule has 0 saturated heterocycles. The van der Waals surface area contributed by atoms with E-state index in [-0.39, 0.29) is 18.6 Å². The van der Waals surface area contributed by atoms with Gasteiger partial charge in [0.25, 0.3) is 0 Å². The van der Waals surface area contributed by atoms with Gasteiger partial charge in [0.05, 0.1) is 7.11 Å². The molecule has 172 valence electrons. The number of ether oxygens (including phenoxy) is 2. The van der Waals surface area contributed by atoms with Gasteiger partial charge in [-0.05, 0) is 33.4 Å². The molecule has 0 saturated carbocycles. The average molecular weight is 461 g/mol. The van der Waals surface area contributed by atoms with Gasteiger partial charge in [0, 0.05) is 12.0 Å². The minimum Gasteiger partial charge on any atom is -0.469 e. The Morgan fingerprint density at radius 1 is 0.686 bits per heavy atom. The second-order valence-electron chi connectivity index (χ2n) is 9.05. The van der Waals surface area contributed by atoms with Gasteiger partial charge >= 0.3 is 5.97 Å². The molecule has 4 aromatic rings. The van der Waals surface area contributed by atoms with Crippen LogP contribution >= 0.6 is 0 Å². The molecular formula is C31H24O4. The molecule has 4 nitrogen and oxygen atoms in total. The van der Waals surface area contributed by atoms with E-state index >= 15 is 0 Å². The maximum atomic E-state index is 12.9. The molecule has 2 atom stereocenters. The van der Waals surface area contributed by atoms with Crippen molar-refractivity contribution in [2.75, 3.05) is 7.11 Å². The molecule has 35 heavy (non-hydrogen) atoms. The summed E-state index contributed by atoms with van der Waals surface area (Å²) in [5.41, 5.74) is 5.47. The molecule has 4 aromatic carbocycles. The lowest BCUT2D eigenvalue weighted by Crippen LogP contribution is -2.29. The highest BCUT2D eigenvalue weighted by Gasteiger charge is 2.64. The van der Waals surface area contributed by atoms with Gasteiger partial charge in [-0.1, -0.05) is 103 Å². The summed E-state index contributed by atoms with van der Waals surface area (Å²) >= 11 is 0. The molecule has 0 spiro atoms. The Kier molecular flexibility index (Phi) is 4.94. The quantitative estimate of drug-likeness (QED) is 0.290. The SMILES string of the molecule is COC(=O)CC(=O)Cc1cccc2c1C1(c3ccccc3)OC2(c2ccccc2)c2ccccc21. The first-order valence-electron chi connectivity index (χ1n) is 11.7. The van der Waals surface area contributed by atoms with Gasteiger partial charge in [-0.2, -0.15) is 0 Å². The van der Waals surface area contributed by atoms with Gasteiger partial charge in [-0.3, -0.25) is 9.59 Å². The summed E-state index contributed by atoms with van der Waals surface area (Å²) in [6, 6.07) is 34.9.